The third-order valence-corrected chi connectivity index (χ3v) is 6.29. The molecule has 1 aliphatic rings. The monoisotopic (exact) mass is 457 g/mol. The summed E-state index contributed by atoms with van der Waals surface area (Å²) in [4.78, 5) is 6.22. The number of thioether (sulfide) groups is 1. The number of hydrogen-bond donors (Lipinski definition) is 1. The van der Waals surface area contributed by atoms with Crippen LogP contribution < -0.4 is 4.90 Å². The SMILES string of the molecule is CC(C)CN(C(=S)C(=N)CSCC1CC1(F)F)c1cn(-c2cccnc2)nc1Cl. The van der Waals surface area contributed by atoms with Gasteiger partial charge in [0, 0.05) is 36.6 Å². The molecule has 0 aliphatic heterocycles. The Hall–Kier alpha value is -1.58. The number of alkyl halides is 2. The second-order valence-electron chi connectivity index (χ2n) is 7.43. The zero-order chi connectivity index (χ0) is 21.2. The molecule has 2 aromatic heterocycles. The largest absolute Gasteiger partial charge is 0.327 e. The molecule has 0 bridgehead atoms. The Morgan fingerprint density at radius 1 is 1.52 bits per heavy atom. The van der Waals surface area contributed by atoms with Crippen LogP contribution in [0.2, 0.25) is 5.15 Å². The van der Waals surface area contributed by atoms with Crippen LogP contribution >= 0.6 is 35.6 Å². The summed E-state index contributed by atoms with van der Waals surface area (Å²) < 4.78 is 27.7. The number of hydrogen-bond acceptors (Lipinski definition) is 5. The number of anilines is 1. The van der Waals surface area contributed by atoms with Crippen molar-refractivity contribution in [1.29, 1.82) is 5.41 Å². The highest BCUT2D eigenvalue weighted by Crippen LogP contribution is 2.50. The highest BCUT2D eigenvalue weighted by Gasteiger charge is 2.56. The smallest absolute Gasteiger partial charge is 0.252 e. The molecule has 0 saturated heterocycles. The van der Waals surface area contributed by atoms with E-state index in [2.05, 4.69) is 10.1 Å². The van der Waals surface area contributed by atoms with E-state index in [4.69, 9.17) is 29.2 Å². The number of nitrogens with one attached hydrogen (secondary N) is 1. The molecule has 1 N–H and O–H groups in total. The first-order valence-electron chi connectivity index (χ1n) is 9.19. The predicted octanol–water partition coefficient (Wildman–Crippen LogP) is 5.12. The average Bonchev–Trinajstić information content (AvgIpc) is 3.10. The predicted molar refractivity (Wildman–Crippen MR) is 119 cm³/mol. The van der Waals surface area contributed by atoms with E-state index in [1.165, 1.54) is 11.8 Å². The molecule has 156 valence electrons. The van der Waals surface area contributed by atoms with Crippen molar-refractivity contribution < 1.29 is 8.78 Å². The lowest BCUT2D eigenvalue weighted by molar-refractivity contribution is 0.103. The average molecular weight is 458 g/mol. The fourth-order valence-electron chi connectivity index (χ4n) is 2.78. The highest BCUT2D eigenvalue weighted by molar-refractivity contribution is 8.00. The summed E-state index contributed by atoms with van der Waals surface area (Å²) in [6.45, 7) is 4.65. The zero-order valence-corrected chi connectivity index (χ0v) is 18.5. The van der Waals surface area contributed by atoms with Crippen molar-refractivity contribution in [2.24, 2.45) is 11.8 Å². The molecule has 0 aromatic carbocycles. The lowest BCUT2D eigenvalue weighted by Gasteiger charge is -2.26. The number of pyridine rings is 1. The van der Waals surface area contributed by atoms with Gasteiger partial charge in [-0.2, -0.15) is 16.9 Å². The fourth-order valence-corrected chi connectivity index (χ4v) is 4.45. The van der Waals surface area contributed by atoms with Crippen LogP contribution in [0.15, 0.2) is 30.7 Å². The van der Waals surface area contributed by atoms with Crippen LogP contribution in [0.25, 0.3) is 5.69 Å². The molecular weight excluding hydrogens is 436 g/mol. The number of rotatable bonds is 9. The quantitative estimate of drug-likeness (QED) is 0.418. The van der Waals surface area contributed by atoms with Gasteiger partial charge in [-0.15, -0.1) is 0 Å². The molecule has 1 saturated carbocycles. The first-order chi connectivity index (χ1) is 13.7. The van der Waals surface area contributed by atoms with Gasteiger partial charge in [0.1, 0.15) is 10.7 Å². The molecule has 2 heterocycles. The van der Waals surface area contributed by atoms with Gasteiger partial charge in [-0.05, 0) is 18.1 Å². The summed E-state index contributed by atoms with van der Waals surface area (Å²) in [6.07, 6.45) is 5.05. The van der Waals surface area contributed by atoms with Crippen LogP contribution in [0.5, 0.6) is 0 Å². The maximum absolute atomic E-state index is 13.0. The van der Waals surface area contributed by atoms with Crippen molar-refractivity contribution >= 4 is 52.0 Å². The number of thiocarbonyl (C=S) groups is 1. The van der Waals surface area contributed by atoms with E-state index in [-0.39, 0.29) is 29.0 Å². The third kappa shape index (κ3) is 5.52. The molecule has 1 fully saturated rings. The van der Waals surface area contributed by atoms with Gasteiger partial charge in [-0.1, -0.05) is 37.7 Å². The van der Waals surface area contributed by atoms with Gasteiger partial charge in [0.05, 0.1) is 23.8 Å². The summed E-state index contributed by atoms with van der Waals surface area (Å²) in [6, 6.07) is 3.66. The molecule has 2 aromatic rings. The molecule has 0 amide bonds. The Labute approximate surface area is 183 Å². The van der Waals surface area contributed by atoms with Crippen molar-refractivity contribution in [3.63, 3.8) is 0 Å². The van der Waals surface area contributed by atoms with E-state index in [0.717, 1.165) is 5.69 Å². The van der Waals surface area contributed by atoms with E-state index < -0.39 is 11.8 Å². The van der Waals surface area contributed by atoms with Gasteiger partial charge in [0.2, 0.25) is 0 Å². The van der Waals surface area contributed by atoms with Crippen LogP contribution in [0.3, 0.4) is 0 Å². The Morgan fingerprint density at radius 2 is 2.24 bits per heavy atom. The minimum atomic E-state index is -2.53. The summed E-state index contributed by atoms with van der Waals surface area (Å²) >= 11 is 13.3. The van der Waals surface area contributed by atoms with Gasteiger partial charge in [0.15, 0.2) is 5.15 Å². The Kier molecular flexibility index (Phi) is 6.90. The topological polar surface area (TPSA) is 57.8 Å². The zero-order valence-electron chi connectivity index (χ0n) is 16.1. The van der Waals surface area contributed by atoms with E-state index in [9.17, 15) is 8.78 Å². The van der Waals surface area contributed by atoms with Crippen molar-refractivity contribution in [2.45, 2.75) is 26.2 Å². The van der Waals surface area contributed by atoms with Crippen LogP contribution in [0.4, 0.5) is 14.5 Å². The van der Waals surface area contributed by atoms with Crippen molar-refractivity contribution in [3.8, 4) is 5.69 Å². The molecule has 3 rings (SSSR count). The molecule has 0 radical (unpaired) electrons. The summed E-state index contributed by atoms with van der Waals surface area (Å²) in [5.41, 5.74) is 1.59. The summed E-state index contributed by atoms with van der Waals surface area (Å²) in [7, 11) is 0. The normalized spacial score (nSPS) is 17.4. The van der Waals surface area contributed by atoms with Crippen LogP contribution in [0, 0.1) is 17.2 Å². The molecule has 1 unspecified atom stereocenters. The lowest BCUT2D eigenvalue weighted by Crippen LogP contribution is -2.38. The van der Waals surface area contributed by atoms with Gasteiger partial charge in [0.25, 0.3) is 5.92 Å². The van der Waals surface area contributed by atoms with Crippen LogP contribution in [-0.2, 0) is 0 Å². The summed E-state index contributed by atoms with van der Waals surface area (Å²) in [5.74, 6) is -2.23. The maximum atomic E-state index is 13.0. The lowest BCUT2D eigenvalue weighted by atomic mass is 10.2. The second-order valence-corrected chi connectivity index (χ2v) is 9.20. The highest BCUT2D eigenvalue weighted by atomic mass is 35.5. The number of aromatic nitrogens is 3. The van der Waals surface area contributed by atoms with Crippen molar-refractivity contribution in [1.82, 2.24) is 14.8 Å². The first kappa shape index (κ1) is 22.1. The third-order valence-electron chi connectivity index (χ3n) is 4.42. The van der Waals surface area contributed by atoms with Gasteiger partial charge < -0.3 is 10.3 Å². The van der Waals surface area contributed by atoms with E-state index in [1.54, 1.807) is 34.2 Å². The Bertz CT molecular complexity index is 888. The van der Waals surface area contributed by atoms with Crippen molar-refractivity contribution in [3.05, 3.63) is 35.9 Å². The standard InChI is InChI=1S/C19H22ClF2N5S2/c1-12(2)8-26(18(28)15(23)11-29-10-13-6-19(13,21)22)16-9-27(25-17(16)20)14-4-3-5-24-7-14/h3-5,7,9,12-13,23H,6,8,10-11H2,1-2H3. The number of nitrogens with zero attached hydrogens (tertiary/aromatic N) is 4. The van der Waals surface area contributed by atoms with E-state index in [0.29, 0.717) is 23.0 Å². The molecule has 1 atom stereocenters. The number of halogens is 3. The Balaban J connectivity index is 1.72. The Morgan fingerprint density at radius 3 is 2.83 bits per heavy atom. The molecule has 10 heteroatoms. The molecule has 0 spiro atoms. The molecular formula is C19H22ClF2N5S2. The van der Waals surface area contributed by atoms with Crippen molar-refractivity contribution in [2.75, 3.05) is 23.0 Å². The van der Waals surface area contributed by atoms with Gasteiger partial charge >= 0.3 is 0 Å². The van der Waals surface area contributed by atoms with E-state index >= 15 is 0 Å². The summed E-state index contributed by atoms with van der Waals surface area (Å²) in [5, 5.41) is 13.0. The fraction of sp³-hybridized carbons (Fsp3) is 0.474. The van der Waals surface area contributed by atoms with E-state index in [1.807, 2.05) is 19.9 Å². The minimum absolute atomic E-state index is 0.0552. The minimum Gasteiger partial charge on any atom is -0.327 e. The first-order valence-corrected chi connectivity index (χ1v) is 11.1. The van der Waals surface area contributed by atoms with Gasteiger partial charge in [-0.25, -0.2) is 13.5 Å². The molecule has 1 aliphatic carbocycles. The van der Waals surface area contributed by atoms with Gasteiger partial charge in [-0.3, -0.25) is 4.98 Å². The molecule has 5 nitrogen and oxygen atoms in total. The van der Waals surface area contributed by atoms with Crippen LogP contribution in [0.1, 0.15) is 20.3 Å². The maximum Gasteiger partial charge on any atom is 0.252 e. The second kappa shape index (κ2) is 9.06. The van der Waals surface area contributed by atoms with Crippen LogP contribution in [-0.4, -0.2) is 49.4 Å². The molecule has 29 heavy (non-hydrogen) atoms.